The van der Waals surface area contributed by atoms with Gasteiger partial charge in [0, 0.05) is 63.1 Å². The molecule has 87 heavy (non-hydrogen) atoms. The second-order valence-corrected chi connectivity index (χ2v) is 23.6. The lowest BCUT2D eigenvalue weighted by Crippen LogP contribution is -2.62. The molecule has 4 fully saturated rings. The molecule has 3 saturated heterocycles. The van der Waals surface area contributed by atoms with Crippen molar-refractivity contribution < 1.29 is 53.1 Å². The van der Waals surface area contributed by atoms with Crippen LogP contribution in [0.15, 0.2) is 64.6 Å². The molecule has 29 heteroatoms. The lowest BCUT2D eigenvalue weighted by atomic mass is 9.84. The van der Waals surface area contributed by atoms with E-state index in [4.69, 9.17) is 28.7 Å². The van der Waals surface area contributed by atoms with E-state index >= 15 is 9.59 Å². The minimum Gasteiger partial charge on any atom is -0.480 e. The summed E-state index contributed by atoms with van der Waals surface area (Å²) >= 11 is 8.63. The maximum atomic E-state index is 15.4. The molecule has 4 aliphatic heterocycles. The molecule has 1 aliphatic carbocycles. The van der Waals surface area contributed by atoms with Crippen molar-refractivity contribution in [1.82, 2.24) is 46.2 Å². The monoisotopic (exact) mass is 1240 g/mol. The molecule has 0 unspecified atom stereocenters. The van der Waals surface area contributed by atoms with E-state index in [1.54, 1.807) is 35.2 Å². The third kappa shape index (κ3) is 17.5. The van der Waals surface area contributed by atoms with E-state index in [-0.39, 0.29) is 107 Å². The average Bonchev–Trinajstić information content (AvgIpc) is 1.97. The van der Waals surface area contributed by atoms with Crippen LogP contribution in [-0.4, -0.2) is 200 Å². The van der Waals surface area contributed by atoms with Crippen molar-refractivity contribution in [2.75, 3.05) is 44.2 Å². The molecule has 9 amide bonds. The van der Waals surface area contributed by atoms with Crippen LogP contribution in [-0.2, 0) is 67.3 Å². The number of nitrogens with two attached hydrogens (primary N) is 5. The van der Waals surface area contributed by atoms with Crippen molar-refractivity contribution >= 4 is 96.3 Å². The van der Waals surface area contributed by atoms with Gasteiger partial charge in [-0.15, -0.1) is 0 Å². The zero-order chi connectivity index (χ0) is 62.9. The molecule has 7 rings (SSSR count). The fourth-order valence-electron chi connectivity index (χ4n) is 12.5. The molecule has 0 spiro atoms. The van der Waals surface area contributed by atoms with E-state index < -0.39 is 120 Å². The number of fused-ring (bicyclic) bond motifs is 2. The first kappa shape index (κ1) is 66.9. The standard InChI is InChI=1S/C58H84N16O11S2/c59-37(31-86)48(76)68-38(17-8-22-64-57(60)61)52(80)72-25-11-21-44(72)54(82)71-24-10-20-43(71)50(78)66-29-47(75)67-40(26-33-12-2-1-3-13-33)49(77)70-41(32-87)53(81)73-30-36-16-5-4-14-34(36)27-46(73)55(83)74-42-19-7-6-15-35(42)28-45(74)51(79)69-39(56(84)85)18-9-23-65-58(62)63/h1-5,12-14,16,35,37-46,86-87H,6-11,15,17-32,59H2,(H,66,78)(H,67,75)(H,68,76)(H,69,79)(H,70,77)(H,84,85)(H4,60,61,64)(H4,62,63,65)/t35-,37-,38-,39-,40-,41-,42-,43-,44-,45-,46+/m0/s1. The summed E-state index contributed by atoms with van der Waals surface area (Å²) in [5.74, 6) is -7.23. The van der Waals surface area contributed by atoms with Crippen LogP contribution in [0.4, 0.5) is 0 Å². The van der Waals surface area contributed by atoms with Gasteiger partial charge in [-0.25, -0.2) is 4.79 Å². The Bertz CT molecular complexity index is 2880. The maximum absolute atomic E-state index is 15.4. The Balaban J connectivity index is 1.03. The van der Waals surface area contributed by atoms with Crippen molar-refractivity contribution in [3.8, 4) is 0 Å². The van der Waals surface area contributed by atoms with Gasteiger partial charge in [0.05, 0.1) is 12.6 Å². The van der Waals surface area contributed by atoms with Crippen LogP contribution in [0.3, 0.4) is 0 Å². The van der Waals surface area contributed by atoms with Crippen molar-refractivity contribution in [1.29, 1.82) is 0 Å². The second kappa shape index (κ2) is 31.8. The first-order valence-corrected chi connectivity index (χ1v) is 31.1. The van der Waals surface area contributed by atoms with Crippen LogP contribution >= 0.6 is 25.3 Å². The van der Waals surface area contributed by atoms with Gasteiger partial charge in [-0.3, -0.25) is 53.1 Å². The summed E-state index contributed by atoms with van der Waals surface area (Å²) in [5, 5.41) is 23.6. The number of likely N-dealkylation sites (tertiary alicyclic amines) is 3. The van der Waals surface area contributed by atoms with E-state index in [0.717, 1.165) is 30.4 Å². The number of carbonyl (C=O) groups excluding carboxylic acids is 9. The van der Waals surface area contributed by atoms with E-state index in [1.165, 1.54) is 14.7 Å². The number of thiol groups is 2. The first-order valence-electron chi connectivity index (χ1n) is 29.8. The SMILES string of the molecule is NC(N)=NCCC[C@H](NC(=O)[C@@H]1C[C@@H]2CCCC[C@@H]2N1C(=O)[C@H]1Cc2ccccc2CN1C(=O)[C@H](CS)NC(=O)[C@H](Cc1ccccc1)NC(=O)CNC(=O)[C@@H]1CCCN1C(=O)[C@@H]1CCCN1C(=O)[C@H](CCCN=C(N)N)NC(=O)[C@@H](N)CS)C(=O)O. The van der Waals surface area contributed by atoms with Crippen molar-refractivity contribution in [2.45, 2.75) is 163 Å². The minimum absolute atomic E-state index is 0.0258. The van der Waals surface area contributed by atoms with Gasteiger partial charge in [-0.05, 0) is 93.2 Å². The van der Waals surface area contributed by atoms with Gasteiger partial charge in [0.15, 0.2) is 11.9 Å². The number of carbonyl (C=O) groups is 10. The summed E-state index contributed by atoms with van der Waals surface area (Å²) in [6.07, 6.45) is 5.68. The van der Waals surface area contributed by atoms with Crippen LogP contribution in [0.1, 0.15) is 100 Å². The Morgan fingerprint density at radius 2 is 1.21 bits per heavy atom. The normalized spacial score (nSPS) is 22.2. The van der Waals surface area contributed by atoms with E-state index in [9.17, 15) is 43.5 Å². The molecule has 4 heterocycles. The topological polar surface area (TPSA) is 419 Å². The van der Waals surface area contributed by atoms with Crippen molar-refractivity contribution in [2.24, 2.45) is 44.6 Å². The molecule has 2 aromatic carbocycles. The number of guanidine groups is 2. The zero-order valence-electron chi connectivity index (χ0n) is 48.8. The molecule has 11 atom stereocenters. The third-order valence-corrected chi connectivity index (χ3v) is 17.7. The van der Waals surface area contributed by atoms with Crippen LogP contribution in [0.2, 0.25) is 0 Å². The highest BCUT2D eigenvalue weighted by Gasteiger charge is 2.52. The van der Waals surface area contributed by atoms with Crippen LogP contribution < -0.4 is 55.3 Å². The average molecular weight is 1250 g/mol. The van der Waals surface area contributed by atoms with Gasteiger partial charge in [0.1, 0.15) is 48.3 Å². The molecule has 474 valence electrons. The Kier molecular flexibility index (Phi) is 24.5. The number of benzene rings is 2. The molecule has 1 saturated carbocycles. The first-order chi connectivity index (χ1) is 41.7. The lowest BCUT2D eigenvalue weighted by molar-refractivity contribution is -0.153. The molecular weight excluding hydrogens is 1160 g/mol. The van der Waals surface area contributed by atoms with Gasteiger partial charge in [-0.2, -0.15) is 25.3 Å². The van der Waals surface area contributed by atoms with Crippen LogP contribution in [0.25, 0.3) is 0 Å². The summed E-state index contributed by atoms with van der Waals surface area (Å²) in [4.78, 5) is 155. The number of hydrogen-bond donors (Lipinski definition) is 13. The zero-order valence-corrected chi connectivity index (χ0v) is 50.6. The fraction of sp³-hybridized carbons (Fsp3) is 0.586. The number of carboxylic acid groups (broad SMARTS) is 1. The highest BCUT2D eigenvalue weighted by molar-refractivity contribution is 7.80. The smallest absolute Gasteiger partial charge is 0.326 e. The van der Waals surface area contributed by atoms with E-state index in [0.29, 0.717) is 44.1 Å². The Morgan fingerprint density at radius 3 is 1.86 bits per heavy atom. The summed E-state index contributed by atoms with van der Waals surface area (Å²) in [5.41, 5.74) is 30.0. The minimum atomic E-state index is -1.33. The summed E-state index contributed by atoms with van der Waals surface area (Å²) < 4.78 is 0. The van der Waals surface area contributed by atoms with Crippen molar-refractivity contribution in [3.05, 3.63) is 71.3 Å². The molecule has 0 aromatic heterocycles. The van der Waals surface area contributed by atoms with Crippen LogP contribution in [0, 0.1) is 5.92 Å². The summed E-state index contributed by atoms with van der Waals surface area (Å²) in [6, 6.07) is 5.75. The van der Waals surface area contributed by atoms with Gasteiger partial charge < -0.3 is 80.0 Å². The Morgan fingerprint density at radius 1 is 0.598 bits per heavy atom. The van der Waals surface area contributed by atoms with E-state index in [2.05, 4.69) is 61.8 Å². The molecular formula is C58H84N16O11S2. The summed E-state index contributed by atoms with van der Waals surface area (Å²) in [7, 11) is 0. The second-order valence-electron chi connectivity index (χ2n) is 22.9. The number of nitrogens with one attached hydrogen (secondary N) is 5. The number of hydrogen-bond acceptors (Lipinski definition) is 15. The number of aliphatic imine (C=N–C) groups is 2. The number of amides is 9. The number of aliphatic carboxylic acids is 1. The van der Waals surface area contributed by atoms with Crippen LogP contribution in [0.5, 0.6) is 0 Å². The van der Waals surface area contributed by atoms with Gasteiger partial charge in [-0.1, -0.05) is 67.4 Å². The van der Waals surface area contributed by atoms with Crippen molar-refractivity contribution in [3.63, 3.8) is 0 Å². The maximum Gasteiger partial charge on any atom is 0.326 e. The largest absolute Gasteiger partial charge is 0.480 e. The molecule has 16 N–H and O–H groups in total. The highest BCUT2D eigenvalue weighted by Crippen LogP contribution is 2.41. The number of carboxylic acids is 1. The molecule has 5 aliphatic rings. The molecule has 2 aromatic rings. The van der Waals surface area contributed by atoms with Gasteiger partial charge >= 0.3 is 5.97 Å². The summed E-state index contributed by atoms with van der Waals surface area (Å²) in [6.45, 7) is 0.137. The third-order valence-electron chi connectivity index (χ3n) is 16.9. The number of nitrogens with zero attached hydrogens (tertiary/aromatic N) is 6. The lowest BCUT2D eigenvalue weighted by Gasteiger charge is -2.42. The fourth-order valence-corrected chi connectivity index (χ4v) is 13.0. The van der Waals surface area contributed by atoms with Gasteiger partial charge in [0.2, 0.25) is 53.2 Å². The molecule has 0 radical (unpaired) electrons. The quantitative estimate of drug-likeness (QED) is 0.0195. The predicted molar refractivity (Wildman–Crippen MR) is 329 cm³/mol. The highest BCUT2D eigenvalue weighted by atomic mass is 32.1. The Labute approximate surface area is 516 Å². The van der Waals surface area contributed by atoms with Gasteiger partial charge in [0.25, 0.3) is 0 Å². The Hall–Kier alpha value is -7.66. The van der Waals surface area contributed by atoms with E-state index in [1.807, 2.05) is 24.3 Å². The molecule has 0 bridgehead atoms. The predicted octanol–water partition coefficient (Wildman–Crippen LogP) is -2.24. The number of rotatable bonds is 27. The molecule has 27 nitrogen and oxygen atoms in total.